The van der Waals surface area contributed by atoms with Gasteiger partial charge in [-0.25, -0.2) is 4.79 Å². The van der Waals surface area contributed by atoms with E-state index in [4.69, 9.17) is 10.5 Å². The fourth-order valence-corrected chi connectivity index (χ4v) is 2.71. The number of ether oxygens (including phenoxy) is 1. The molecular weight excluding hydrogens is 346 g/mol. The molecule has 2 rings (SSSR count). The van der Waals surface area contributed by atoms with Crippen LogP contribution in [0.15, 0.2) is 35.7 Å². The number of nitrogens with one attached hydrogen (secondary N) is 2. The van der Waals surface area contributed by atoms with E-state index in [-0.39, 0.29) is 17.0 Å². The van der Waals surface area contributed by atoms with E-state index in [1.165, 1.54) is 25.1 Å². The quantitative estimate of drug-likeness (QED) is 0.673. The first-order valence-corrected chi connectivity index (χ1v) is 7.96. The molecular formula is C16H15N3O5S. The van der Waals surface area contributed by atoms with Gasteiger partial charge in [0.15, 0.2) is 6.61 Å². The van der Waals surface area contributed by atoms with Crippen molar-refractivity contribution in [1.29, 1.82) is 0 Å². The number of hydrogen-bond donors (Lipinski definition) is 3. The smallest absolute Gasteiger partial charge is 0.338 e. The summed E-state index contributed by atoms with van der Waals surface area (Å²) in [5.41, 5.74) is 6.00. The number of rotatable bonds is 6. The summed E-state index contributed by atoms with van der Waals surface area (Å²) in [4.78, 5) is 46.0. The number of esters is 1. The minimum Gasteiger partial charge on any atom is -0.452 e. The lowest BCUT2D eigenvalue weighted by molar-refractivity contribution is -0.119. The van der Waals surface area contributed by atoms with E-state index in [9.17, 15) is 19.2 Å². The molecule has 9 heteroatoms. The molecule has 1 aromatic heterocycles. The van der Waals surface area contributed by atoms with Gasteiger partial charge in [-0.05, 0) is 29.6 Å². The summed E-state index contributed by atoms with van der Waals surface area (Å²) in [5.74, 6) is -2.26. The van der Waals surface area contributed by atoms with Crippen molar-refractivity contribution in [1.82, 2.24) is 0 Å². The second kappa shape index (κ2) is 8.06. The highest BCUT2D eigenvalue weighted by molar-refractivity contribution is 7.14. The van der Waals surface area contributed by atoms with Crippen molar-refractivity contribution in [3.05, 3.63) is 46.8 Å². The number of amides is 3. The Morgan fingerprint density at radius 2 is 1.92 bits per heavy atom. The fourth-order valence-electron chi connectivity index (χ4n) is 1.90. The van der Waals surface area contributed by atoms with Gasteiger partial charge in [-0.1, -0.05) is 6.07 Å². The Labute approximate surface area is 147 Å². The molecule has 0 unspecified atom stereocenters. The van der Waals surface area contributed by atoms with Crippen LogP contribution in [-0.2, 0) is 14.3 Å². The number of thiophene rings is 1. The first-order chi connectivity index (χ1) is 11.9. The van der Waals surface area contributed by atoms with Crippen LogP contribution in [0.2, 0.25) is 0 Å². The minimum absolute atomic E-state index is 0.188. The summed E-state index contributed by atoms with van der Waals surface area (Å²) in [6.07, 6.45) is 0. The van der Waals surface area contributed by atoms with Crippen molar-refractivity contribution >= 4 is 45.7 Å². The Morgan fingerprint density at radius 1 is 1.16 bits per heavy atom. The van der Waals surface area contributed by atoms with E-state index in [1.807, 2.05) is 0 Å². The predicted molar refractivity (Wildman–Crippen MR) is 92.5 cm³/mol. The van der Waals surface area contributed by atoms with Gasteiger partial charge in [-0.15, -0.1) is 11.3 Å². The third-order valence-corrected chi connectivity index (χ3v) is 3.77. The second-order valence-electron chi connectivity index (χ2n) is 4.91. The number of benzene rings is 1. The number of carbonyl (C=O) groups is 4. The molecule has 2 aromatic rings. The molecule has 1 aromatic carbocycles. The van der Waals surface area contributed by atoms with Gasteiger partial charge in [0.2, 0.25) is 5.91 Å². The molecule has 0 bridgehead atoms. The Hall–Kier alpha value is -3.20. The molecule has 0 aliphatic heterocycles. The topological polar surface area (TPSA) is 128 Å². The summed E-state index contributed by atoms with van der Waals surface area (Å²) in [6.45, 7) is 0.819. The second-order valence-corrected chi connectivity index (χ2v) is 5.83. The maximum absolute atomic E-state index is 12.0. The number of primary amides is 1. The van der Waals surface area contributed by atoms with Gasteiger partial charge in [0.05, 0.1) is 11.1 Å². The molecule has 0 atom stereocenters. The lowest BCUT2D eigenvalue weighted by atomic mass is 10.2. The van der Waals surface area contributed by atoms with E-state index in [0.29, 0.717) is 10.7 Å². The summed E-state index contributed by atoms with van der Waals surface area (Å²) in [5, 5.41) is 6.90. The number of anilines is 2. The van der Waals surface area contributed by atoms with Gasteiger partial charge in [0, 0.05) is 12.6 Å². The lowest BCUT2D eigenvalue weighted by Crippen LogP contribution is -2.22. The number of hydrogen-bond acceptors (Lipinski definition) is 6. The molecule has 0 saturated carbocycles. The maximum Gasteiger partial charge on any atom is 0.338 e. The molecule has 0 saturated heterocycles. The average Bonchev–Trinajstić information content (AvgIpc) is 3.00. The zero-order chi connectivity index (χ0) is 18.4. The van der Waals surface area contributed by atoms with E-state index >= 15 is 0 Å². The first kappa shape index (κ1) is 18.1. The molecule has 0 aliphatic carbocycles. The van der Waals surface area contributed by atoms with Crippen LogP contribution < -0.4 is 16.4 Å². The number of carbonyl (C=O) groups excluding carboxylic acids is 4. The molecule has 0 fully saturated rings. The van der Waals surface area contributed by atoms with Crippen molar-refractivity contribution in [2.75, 3.05) is 17.2 Å². The van der Waals surface area contributed by atoms with Gasteiger partial charge in [0.25, 0.3) is 11.8 Å². The summed E-state index contributed by atoms with van der Waals surface area (Å²) < 4.78 is 4.92. The summed E-state index contributed by atoms with van der Waals surface area (Å²) in [6, 6.07) is 7.62. The minimum atomic E-state index is -0.719. The molecule has 1 heterocycles. The Morgan fingerprint density at radius 3 is 2.60 bits per heavy atom. The van der Waals surface area contributed by atoms with Crippen LogP contribution in [0, 0.1) is 0 Å². The SMILES string of the molecule is CC(=O)Nc1cccc(C(=O)OCC(=O)Nc2sccc2C(N)=O)c1. The first-order valence-electron chi connectivity index (χ1n) is 7.08. The van der Waals surface area contributed by atoms with Crippen molar-refractivity contribution in [3.63, 3.8) is 0 Å². The predicted octanol–water partition coefficient (Wildman–Crippen LogP) is 1.60. The van der Waals surface area contributed by atoms with Crippen LogP contribution in [0.5, 0.6) is 0 Å². The van der Waals surface area contributed by atoms with Gasteiger partial charge >= 0.3 is 5.97 Å². The molecule has 8 nitrogen and oxygen atoms in total. The highest BCUT2D eigenvalue weighted by Crippen LogP contribution is 2.22. The third kappa shape index (κ3) is 5.15. The summed E-state index contributed by atoms with van der Waals surface area (Å²) >= 11 is 1.13. The highest BCUT2D eigenvalue weighted by atomic mass is 32.1. The van der Waals surface area contributed by atoms with Crippen molar-refractivity contribution in [2.24, 2.45) is 5.73 Å². The monoisotopic (exact) mass is 361 g/mol. The Balaban J connectivity index is 1.93. The maximum atomic E-state index is 12.0. The van der Waals surface area contributed by atoms with Crippen molar-refractivity contribution in [2.45, 2.75) is 6.92 Å². The van der Waals surface area contributed by atoms with E-state index in [1.54, 1.807) is 17.5 Å². The van der Waals surface area contributed by atoms with Crippen LogP contribution in [0.1, 0.15) is 27.6 Å². The molecule has 25 heavy (non-hydrogen) atoms. The van der Waals surface area contributed by atoms with Gasteiger partial charge < -0.3 is 21.1 Å². The zero-order valence-corrected chi connectivity index (χ0v) is 14.0. The van der Waals surface area contributed by atoms with Crippen LogP contribution in [0.3, 0.4) is 0 Å². The van der Waals surface area contributed by atoms with Gasteiger partial charge in [0.1, 0.15) is 5.00 Å². The molecule has 0 spiro atoms. The lowest BCUT2D eigenvalue weighted by Gasteiger charge is -2.07. The normalized spacial score (nSPS) is 9.96. The highest BCUT2D eigenvalue weighted by Gasteiger charge is 2.15. The fraction of sp³-hybridized carbons (Fsp3) is 0.125. The third-order valence-electron chi connectivity index (χ3n) is 2.94. The van der Waals surface area contributed by atoms with E-state index < -0.39 is 24.4 Å². The largest absolute Gasteiger partial charge is 0.452 e. The van der Waals surface area contributed by atoms with Crippen LogP contribution in [0.25, 0.3) is 0 Å². The molecule has 4 N–H and O–H groups in total. The number of nitrogens with two attached hydrogens (primary N) is 1. The van der Waals surface area contributed by atoms with Crippen LogP contribution >= 0.6 is 11.3 Å². The molecule has 0 aliphatic rings. The van der Waals surface area contributed by atoms with E-state index in [0.717, 1.165) is 11.3 Å². The van der Waals surface area contributed by atoms with Crippen LogP contribution in [0.4, 0.5) is 10.7 Å². The Bertz CT molecular complexity index is 831. The van der Waals surface area contributed by atoms with Gasteiger partial charge in [-0.3, -0.25) is 14.4 Å². The standard InChI is InChI=1S/C16H15N3O5S/c1-9(20)18-11-4-2-3-10(7-11)16(23)24-8-13(21)19-15-12(14(17)22)5-6-25-15/h2-7H,8H2,1H3,(H2,17,22)(H,18,20)(H,19,21). The van der Waals surface area contributed by atoms with Gasteiger partial charge in [-0.2, -0.15) is 0 Å². The molecule has 130 valence electrons. The zero-order valence-electron chi connectivity index (χ0n) is 13.2. The van der Waals surface area contributed by atoms with E-state index in [2.05, 4.69) is 10.6 Å². The Kier molecular flexibility index (Phi) is 5.85. The van der Waals surface area contributed by atoms with Crippen LogP contribution in [-0.4, -0.2) is 30.3 Å². The van der Waals surface area contributed by atoms with Crippen molar-refractivity contribution in [3.8, 4) is 0 Å². The average molecular weight is 361 g/mol. The summed E-state index contributed by atoms with van der Waals surface area (Å²) in [7, 11) is 0. The molecule has 3 amide bonds. The molecule has 0 radical (unpaired) electrons. The van der Waals surface area contributed by atoms with Crippen molar-refractivity contribution < 1.29 is 23.9 Å².